The molecule has 12 heavy (non-hydrogen) atoms. The Kier molecular flexibility index (Phi) is 2.00. The molecule has 1 aromatic carbocycles. The molecule has 62 valence electrons. The van der Waals surface area contributed by atoms with Gasteiger partial charge in [0.15, 0.2) is 6.10 Å². The molecule has 0 aliphatic carbocycles. The number of rotatable bonds is 1. The van der Waals surface area contributed by atoms with Crippen molar-refractivity contribution in [3.8, 4) is 0 Å². The minimum Gasteiger partial charge on any atom is -0.386 e. The molecule has 1 aliphatic heterocycles. The van der Waals surface area contributed by atoms with Crippen molar-refractivity contribution in [1.82, 2.24) is 0 Å². The van der Waals surface area contributed by atoms with Gasteiger partial charge >= 0.3 is 0 Å². The van der Waals surface area contributed by atoms with E-state index in [0.717, 1.165) is 5.56 Å². The summed E-state index contributed by atoms with van der Waals surface area (Å²) in [5.41, 5.74) is 1.06. The lowest BCUT2D eigenvalue weighted by atomic mass is 10.1. The van der Waals surface area contributed by atoms with Crippen LogP contribution in [0.5, 0.6) is 0 Å². The maximum absolute atomic E-state index is 5.94. The first kappa shape index (κ1) is 7.62. The summed E-state index contributed by atoms with van der Waals surface area (Å²) >= 11 is 5.94. The molecular formula is C9H8ClNO. The molecule has 1 aromatic rings. The first-order valence-electron chi connectivity index (χ1n) is 3.76. The standard InChI is InChI=1S/C9H8ClNO/c10-8-6-11-12-9(8)7-4-2-1-3-5-7/h1-6,8-9H. The zero-order chi connectivity index (χ0) is 8.39. The molecule has 0 saturated carbocycles. The summed E-state index contributed by atoms with van der Waals surface area (Å²) in [6.45, 7) is 0. The number of oxime groups is 1. The second kappa shape index (κ2) is 3.15. The van der Waals surface area contributed by atoms with Crippen molar-refractivity contribution in [2.45, 2.75) is 11.5 Å². The summed E-state index contributed by atoms with van der Waals surface area (Å²) in [4.78, 5) is 5.09. The van der Waals surface area contributed by atoms with Crippen molar-refractivity contribution in [3.63, 3.8) is 0 Å². The molecule has 2 atom stereocenters. The molecule has 2 nitrogen and oxygen atoms in total. The largest absolute Gasteiger partial charge is 0.386 e. The summed E-state index contributed by atoms with van der Waals surface area (Å²) < 4.78 is 0. The lowest BCUT2D eigenvalue weighted by Crippen LogP contribution is -2.08. The van der Waals surface area contributed by atoms with Crippen LogP contribution in [0.25, 0.3) is 0 Å². The Hall–Kier alpha value is -1.02. The third-order valence-electron chi connectivity index (χ3n) is 1.80. The van der Waals surface area contributed by atoms with Crippen LogP contribution in [0.15, 0.2) is 35.5 Å². The second-order valence-corrected chi connectivity index (χ2v) is 3.14. The first-order valence-corrected chi connectivity index (χ1v) is 4.20. The normalized spacial score (nSPS) is 27.1. The fourth-order valence-electron chi connectivity index (χ4n) is 1.18. The van der Waals surface area contributed by atoms with E-state index in [2.05, 4.69) is 5.16 Å². The lowest BCUT2D eigenvalue weighted by molar-refractivity contribution is 0.0875. The predicted molar refractivity (Wildman–Crippen MR) is 48.4 cm³/mol. The van der Waals surface area contributed by atoms with E-state index >= 15 is 0 Å². The number of halogens is 1. The van der Waals surface area contributed by atoms with E-state index in [0.29, 0.717) is 0 Å². The zero-order valence-corrected chi connectivity index (χ0v) is 7.11. The van der Waals surface area contributed by atoms with E-state index < -0.39 is 0 Å². The highest BCUT2D eigenvalue weighted by molar-refractivity contribution is 6.28. The second-order valence-electron chi connectivity index (χ2n) is 2.64. The van der Waals surface area contributed by atoms with Crippen LogP contribution in [0.2, 0.25) is 0 Å². The van der Waals surface area contributed by atoms with E-state index in [9.17, 15) is 0 Å². The molecule has 0 saturated heterocycles. The van der Waals surface area contributed by atoms with E-state index in [4.69, 9.17) is 16.4 Å². The van der Waals surface area contributed by atoms with E-state index in [1.807, 2.05) is 30.3 Å². The van der Waals surface area contributed by atoms with Gasteiger partial charge < -0.3 is 4.84 Å². The van der Waals surface area contributed by atoms with Gasteiger partial charge in [0.25, 0.3) is 0 Å². The first-order chi connectivity index (χ1) is 5.88. The van der Waals surface area contributed by atoms with Gasteiger partial charge in [-0.1, -0.05) is 35.5 Å². The van der Waals surface area contributed by atoms with Crippen molar-refractivity contribution in [1.29, 1.82) is 0 Å². The maximum atomic E-state index is 5.94. The zero-order valence-electron chi connectivity index (χ0n) is 6.35. The number of benzene rings is 1. The van der Waals surface area contributed by atoms with Crippen LogP contribution in [-0.2, 0) is 4.84 Å². The van der Waals surface area contributed by atoms with Gasteiger partial charge in [-0.25, -0.2) is 0 Å². The molecule has 1 heterocycles. The average Bonchev–Trinajstić information content (AvgIpc) is 2.53. The van der Waals surface area contributed by atoms with Gasteiger partial charge in [0.05, 0.1) is 6.21 Å². The van der Waals surface area contributed by atoms with Crippen molar-refractivity contribution in [2.75, 3.05) is 0 Å². The quantitative estimate of drug-likeness (QED) is 0.610. The summed E-state index contributed by atoms with van der Waals surface area (Å²) in [5, 5.41) is 3.52. The van der Waals surface area contributed by atoms with E-state index in [1.54, 1.807) is 6.21 Å². The highest BCUT2D eigenvalue weighted by Crippen LogP contribution is 2.27. The molecule has 0 spiro atoms. The average molecular weight is 182 g/mol. The lowest BCUT2D eigenvalue weighted by Gasteiger charge is -2.10. The van der Waals surface area contributed by atoms with E-state index in [1.165, 1.54) is 0 Å². The van der Waals surface area contributed by atoms with Crippen molar-refractivity contribution in [3.05, 3.63) is 35.9 Å². The Morgan fingerprint density at radius 3 is 2.58 bits per heavy atom. The summed E-state index contributed by atoms with van der Waals surface area (Å²) in [6.07, 6.45) is 1.49. The van der Waals surface area contributed by atoms with Crippen LogP contribution in [-0.4, -0.2) is 11.6 Å². The SMILES string of the molecule is ClC1C=NOC1c1ccccc1. The van der Waals surface area contributed by atoms with Gasteiger partial charge in [0.1, 0.15) is 5.38 Å². The molecule has 1 aliphatic rings. The summed E-state index contributed by atoms with van der Waals surface area (Å²) in [7, 11) is 0. The number of alkyl halides is 1. The number of hydrogen-bond donors (Lipinski definition) is 0. The van der Waals surface area contributed by atoms with Gasteiger partial charge in [-0.2, -0.15) is 0 Å². The van der Waals surface area contributed by atoms with Gasteiger partial charge in [-0.15, -0.1) is 11.6 Å². The van der Waals surface area contributed by atoms with Crippen molar-refractivity contribution >= 4 is 17.8 Å². The van der Waals surface area contributed by atoms with Gasteiger partial charge in [-0.05, 0) is 5.56 Å². The van der Waals surface area contributed by atoms with Crippen LogP contribution in [0, 0.1) is 0 Å². The van der Waals surface area contributed by atoms with Gasteiger partial charge in [0, 0.05) is 0 Å². The molecule has 2 unspecified atom stereocenters. The van der Waals surface area contributed by atoms with E-state index in [-0.39, 0.29) is 11.5 Å². The smallest absolute Gasteiger partial charge is 0.173 e. The van der Waals surface area contributed by atoms with Crippen LogP contribution in [0.4, 0.5) is 0 Å². The van der Waals surface area contributed by atoms with Gasteiger partial charge in [-0.3, -0.25) is 0 Å². The Morgan fingerprint density at radius 2 is 2.00 bits per heavy atom. The maximum Gasteiger partial charge on any atom is 0.173 e. The fourth-order valence-corrected chi connectivity index (χ4v) is 1.42. The van der Waals surface area contributed by atoms with Crippen molar-refractivity contribution in [2.24, 2.45) is 5.16 Å². The molecule has 2 rings (SSSR count). The Bertz CT molecular complexity index is 286. The van der Waals surface area contributed by atoms with Gasteiger partial charge in [0.2, 0.25) is 0 Å². The molecule has 0 amide bonds. The molecule has 0 radical (unpaired) electrons. The van der Waals surface area contributed by atoms with Crippen LogP contribution >= 0.6 is 11.6 Å². The van der Waals surface area contributed by atoms with Crippen LogP contribution in [0.3, 0.4) is 0 Å². The third kappa shape index (κ3) is 1.30. The molecule has 0 bridgehead atoms. The number of nitrogens with zero attached hydrogens (tertiary/aromatic N) is 1. The topological polar surface area (TPSA) is 21.6 Å². The van der Waals surface area contributed by atoms with Crippen LogP contribution < -0.4 is 0 Å². The van der Waals surface area contributed by atoms with Crippen LogP contribution in [0.1, 0.15) is 11.7 Å². The van der Waals surface area contributed by atoms with Crippen molar-refractivity contribution < 1.29 is 4.84 Å². The third-order valence-corrected chi connectivity index (χ3v) is 2.14. The minimum atomic E-state index is -0.146. The minimum absolute atomic E-state index is 0.118. The highest BCUT2D eigenvalue weighted by atomic mass is 35.5. The fraction of sp³-hybridized carbons (Fsp3) is 0.222. The Balaban J connectivity index is 2.22. The number of hydrogen-bond acceptors (Lipinski definition) is 2. The Morgan fingerprint density at radius 1 is 1.25 bits per heavy atom. The molecule has 0 fully saturated rings. The molecular weight excluding hydrogens is 174 g/mol. The monoisotopic (exact) mass is 181 g/mol. The Labute approximate surface area is 75.8 Å². The summed E-state index contributed by atoms with van der Waals surface area (Å²) in [6, 6.07) is 9.84. The summed E-state index contributed by atoms with van der Waals surface area (Å²) in [5.74, 6) is 0. The molecule has 3 heteroatoms. The molecule has 0 N–H and O–H groups in total. The molecule has 0 aromatic heterocycles. The predicted octanol–water partition coefficient (Wildman–Crippen LogP) is 2.35. The highest BCUT2D eigenvalue weighted by Gasteiger charge is 2.25.